The van der Waals surface area contributed by atoms with E-state index in [1.165, 1.54) is 16.3 Å². The predicted molar refractivity (Wildman–Crippen MR) is 218 cm³/mol. The maximum Gasteiger partial charge on any atom is 0.238 e. The topological polar surface area (TPSA) is 56.7 Å². The van der Waals surface area contributed by atoms with Gasteiger partial charge in [0.1, 0.15) is 11.2 Å². The van der Waals surface area contributed by atoms with Crippen LogP contribution in [0.4, 0.5) is 0 Å². The quantitative estimate of drug-likeness (QED) is 0.186. The zero-order valence-corrected chi connectivity index (χ0v) is 28.8. The summed E-state index contributed by atoms with van der Waals surface area (Å²) in [4.78, 5) is 15.6. The van der Waals surface area contributed by atoms with Crippen molar-refractivity contribution in [2.45, 2.75) is 6.92 Å². The molecule has 0 amide bonds. The summed E-state index contributed by atoms with van der Waals surface area (Å²) in [7, 11) is 0. The maximum absolute atomic E-state index is 6.80. The molecule has 5 nitrogen and oxygen atoms in total. The molecule has 0 fully saturated rings. The van der Waals surface area contributed by atoms with Gasteiger partial charge in [0.2, 0.25) is 5.95 Å². The van der Waals surface area contributed by atoms with E-state index in [0.29, 0.717) is 17.6 Å². The molecule has 0 saturated carbocycles. The first-order valence-electron chi connectivity index (χ1n) is 17.9. The van der Waals surface area contributed by atoms with E-state index in [0.717, 1.165) is 76.8 Å². The number of nitrogens with zero attached hydrogens (tertiary/aromatic N) is 4. The highest BCUT2D eigenvalue weighted by Crippen LogP contribution is 2.44. The van der Waals surface area contributed by atoms with Crippen molar-refractivity contribution in [1.82, 2.24) is 19.5 Å². The molecule has 0 bridgehead atoms. The van der Waals surface area contributed by atoms with Crippen LogP contribution in [0.2, 0.25) is 0 Å². The highest BCUT2D eigenvalue weighted by molar-refractivity contribution is 6.24. The summed E-state index contributed by atoms with van der Waals surface area (Å²) in [6.07, 6.45) is 0. The fourth-order valence-electron chi connectivity index (χ4n) is 8.08. The number of benzene rings is 8. The molecule has 0 spiro atoms. The first-order chi connectivity index (χ1) is 26.2. The molecule has 0 saturated heterocycles. The van der Waals surface area contributed by atoms with Gasteiger partial charge in [-0.05, 0) is 35.2 Å². The Bertz CT molecular complexity index is 3180. The molecule has 3 aromatic heterocycles. The molecule has 0 aliphatic carbocycles. The summed E-state index contributed by atoms with van der Waals surface area (Å²) >= 11 is 0. The largest absolute Gasteiger partial charge is 0.455 e. The summed E-state index contributed by atoms with van der Waals surface area (Å²) in [6, 6.07) is 57.2. The first kappa shape index (κ1) is 29.6. The number of aryl methyl sites for hydroxylation is 1. The van der Waals surface area contributed by atoms with Crippen molar-refractivity contribution in [2.24, 2.45) is 0 Å². The van der Waals surface area contributed by atoms with Gasteiger partial charge in [-0.2, -0.15) is 9.97 Å². The summed E-state index contributed by atoms with van der Waals surface area (Å²) in [6.45, 7) is 2.15. The molecule has 0 unspecified atom stereocenters. The third-order valence-corrected chi connectivity index (χ3v) is 10.5. The first-order valence-corrected chi connectivity index (χ1v) is 17.9. The third kappa shape index (κ3) is 4.54. The Balaban J connectivity index is 1.30. The lowest BCUT2D eigenvalue weighted by molar-refractivity contribution is 0.670. The number of hydrogen-bond acceptors (Lipinski definition) is 4. The minimum absolute atomic E-state index is 0.557. The average molecular weight is 679 g/mol. The highest BCUT2D eigenvalue weighted by atomic mass is 16.3. The smallest absolute Gasteiger partial charge is 0.238 e. The molecule has 248 valence electrons. The molecular weight excluding hydrogens is 649 g/mol. The van der Waals surface area contributed by atoms with Gasteiger partial charge in [0.15, 0.2) is 11.6 Å². The van der Waals surface area contributed by atoms with Gasteiger partial charge in [0, 0.05) is 49.2 Å². The van der Waals surface area contributed by atoms with E-state index in [2.05, 4.69) is 139 Å². The Labute approximate surface area is 304 Å². The van der Waals surface area contributed by atoms with Gasteiger partial charge in [0.25, 0.3) is 0 Å². The molecule has 3 heterocycles. The molecule has 5 heteroatoms. The average Bonchev–Trinajstić information content (AvgIpc) is 3.78. The normalized spacial score (nSPS) is 11.9. The van der Waals surface area contributed by atoms with Gasteiger partial charge < -0.3 is 4.42 Å². The van der Waals surface area contributed by atoms with Crippen molar-refractivity contribution >= 4 is 65.3 Å². The van der Waals surface area contributed by atoms with Crippen LogP contribution < -0.4 is 0 Å². The van der Waals surface area contributed by atoms with Gasteiger partial charge in [-0.25, -0.2) is 4.98 Å². The van der Waals surface area contributed by atoms with Gasteiger partial charge in [-0.15, -0.1) is 0 Å². The zero-order valence-electron chi connectivity index (χ0n) is 28.8. The van der Waals surface area contributed by atoms with Crippen LogP contribution in [0.1, 0.15) is 5.56 Å². The molecule has 0 N–H and O–H groups in total. The molecule has 0 aliphatic heterocycles. The Morgan fingerprint density at radius 1 is 0.453 bits per heavy atom. The van der Waals surface area contributed by atoms with E-state index in [4.69, 9.17) is 19.4 Å². The Morgan fingerprint density at radius 3 is 1.83 bits per heavy atom. The summed E-state index contributed by atoms with van der Waals surface area (Å²) in [5, 5.41) is 9.13. The van der Waals surface area contributed by atoms with Gasteiger partial charge in [-0.3, -0.25) is 4.57 Å². The lowest BCUT2D eigenvalue weighted by Crippen LogP contribution is -2.07. The zero-order chi connectivity index (χ0) is 35.0. The van der Waals surface area contributed by atoms with Crippen molar-refractivity contribution in [1.29, 1.82) is 0 Å². The van der Waals surface area contributed by atoms with Gasteiger partial charge >= 0.3 is 0 Å². The monoisotopic (exact) mass is 678 g/mol. The van der Waals surface area contributed by atoms with Crippen LogP contribution >= 0.6 is 0 Å². The van der Waals surface area contributed by atoms with Crippen LogP contribution in [0.25, 0.3) is 105 Å². The molecule has 11 rings (SSSR count). The molecule has 0 atom stereocenters. The van der Waals surface area contributed by atoms with Crippen molar-refractivity contribution in [3.8, 4) is 39.9 Å². The van der Waals surface area contributed by atoms with Crippen molar-refractivity contribution in [3.05, 3.63) is 169 Å². The molecule has 11 aromatic rings. The minimum Gasteiger partial charge on any atom is -0.455 e. The second-order valence-corrected chi connectivity index (χ2v) is 13.7. The van der Waals surface area contributed by atoms with Gasteiger partial charge in [-0.1, -0.05) is 157 Å². The van der Waals surface area contributed by atoms with Crippen molar-refractivity contribution in [3.63, 3.8) is 0 Å². The van der Waals surface area contributed by atoms with E-state index in [9.17, 15) is 0 Å². The third-order valence-electron chi connectivity index (χ3n) is 10.5. The number of aromatic nitrogens is 4. The number of fused-ring (bicyclic) bond motifs is 10. The Kier molecular flexibility index (Phi) is 6.40. The minimum atomic E-state index is 0.557. The lowest BCUT2D eigenvalue weighted by atomic mass is 9.98. The molecule has 53 heavy (non-hydrogen) atoms. The van der Waals surface area contributed by atoms with Crippen molar-refractivity contribution in [2.75, 3.05) is 0 Å². The van der Waals surface area contributed by atoms with Crippen LogP contribution in [-0.2, 0) is 0 Å². The second-order valence-electron chi connectivity index (χ2n) is 13.7. The second kappa shape index (κ2) is 11.5. The van der Waals surface area contributed by atoms with E-state index in [1.54, 1.807) is 0 Å². The van der Waals surface area contributed by atoms with Crippen LogP contribution in [-0.4, -0.2) is 19.5 Å². The summed E-state index contributed by atoms with van der Waals surface area (Å²) < 4.78 is 9.07. The number of furan rings is 1. The van der Waals surface area contributed by atoms with Gasteiger partial charge in [0.05, 0.1) is 11.0 Å². The van der Waals surface area contributed by atoms with E-state index < -0.39 is 0 Å². The summed E-state index contributed by atoms with van der Waals surface area (Å²) in [5.74, 6) is 1.79. The predicted octanol–water partition coefficient (Wildman–Crippen LogP) is 12.5. The van der Waals surface area contributed by atoms with Crippen molar-refractivity contribution < 1.29 is 4.42 Å². The molecule has 8 aromatic carbocycles. The molecule has 0 radical (unpaired) electrons. The summed E-state index contributed by atoms with van der Waals surface area (Å²) in [5.41, 5.74) is 8.89. The highest BCUT2D eigenvalue weighted by Gasteiger charge is 2.24. The van der Waals surface area contributed by atoms with E-state index >= 15 is 0 Å². The fourth-order valence-corrected chi connectivity index (χ4v) is 8.08. The Morgan fingerprint density at radius 2 is 1.06 bits per heavy atom. The van der Waals surface area contributed by atoms with E-state index in [-0.39, 0.29) is 0 Å². The molecule has 0 aliphatic rings. The van der Waals surface area contributed by atoms with Crippen LogP contribution in [0.15, 0.2) is 168 Å². The van der Waals surface area contributed by atoms with Crippen LogP contribution in [0.3, 0.4) is 0 Å². The fraction of sp³-hybridized carbons (Fsp3) is 0.0208. The maximum atomic E-state index is 6.80. The number of rotatable bonds is 4. The Hall–Kier alpha value is -7.11. The van der Waals surface area contributed by atoms with Crippen LogP contribution in [0.5, 0.6) is 0 Å². The molecular formula is C48H30N4O. The lowest BCUT2D eigenvalue weighted by Gasteiger charge is -2.14. The number of para-hydroxylation sites is 2. The standard InChI is InChI=1S/C48H30N4O/c1-29-22-23-31-24-26-37-35-18-10-19-36(38-20-11-21-39-42-34-17-9-8-12-30(34)25-27-41(42)53-45(38)39)43(35)52(44(37)40(31)28-29)48-50-46(32-13-4-2-5-14-32)49-47(51-48)33-15-6-3-7-16-33/h2-28H,1H3. The van der Waals surface area contributed by atoms with Crippen LogP contribution in [0, 0.1) is 6.92 Å². The SMILES string of the molecule is Cc1ccc2ccc3c4cccc(-c5cccc6c5oc5ccc7ccccc7c56)c4n(-c4nc(-c5ccccc5)nc(-c5ccccc5)n4)c3c2c1. The number of hydrogen-bond donors (Lipinski definition) is 0. The van der Waals surface area contributed by atoms with E-state index in [1.807, 2.05) is 36.4 Å².